The molecule has 10 N–H and O–H groups in total. The van der Waals surface area contributed by atoms with Gasteiger partial charge in [-0.05, 0) is 30.5 Å². The number of phenolic OH excluding ortho intramolecular Hbond substituents is 1. The number of imidazole rings is 1. The van der Waals surface area contributed by atoms with Crippen molar-refractivity contribution < 1.29 is 34.2 Å². The predicted octanol–water partition coefficient (Wildman–Crippen LogP) is -2.04. The number of nitrogens with two attached hydrogens (primary N) is 2. The van der Waals surface area contributed by atoms with Crippen molar-refractivity contribution >= 4 is 42.2 Å². The van der Waals surface area contributed by atoms with Gasteiger partial charge in [0.2, 0.25) is 23.6 Å². The van der Waals surface area contributed by atoms with Crippen molar-refractivity contribution in [3.05, 3.63) is 48.0 Å². The minimum absolute atomic E-state index is 0.0597. The minimum atomic E-state index is -1.35. The van der Waals surface area contributed by atoms with Crippen molar-refractivity contribution in [2.24, 2.45) is 11.5 Å². The van der Waals surface area contributed by atoms with E-state index in [1.807, 2.05) is 0 Å². The molecule has 14 nitrogen and oxygen atoms in total. The normalized spacial score (nSPS) is 13.9. The fourth-order valence-corrected chi connectivity index (χ4v) is 3.62. The van der Waals surface area contributed by atoms with E-state index in [2.05, 4.69) is 38.5 Å². The van der Waals surface area contributed by atoms with Gasteiger partial charge < -0.3 is 42.6 Å². The Labute approximate surface area is 223 Å². The van der Waals surface area contributed by atoms with E-state index in [-0.39, 0.29) is 37.2 Å². The topological polar surface area (TPSA) is 243 Å². The molecular formula is C23H31N7O7S. The third-order valence-electron chi connectivity index (χ3n) is 5.45. The van der Waals surface area contributed by atoms with Gasteiger partial charge in [-0.3, -0.25) is 19.2 Å². The molecule has 0 radical (unpaired) electrons. The number of rotatable bonds is 15. The Balaban J connectivity index is 2.05. The van der Waals surface area contributed by atoms with Crippen LogP contribution in [0.1, 0.15) is 24.1 Å². The van der Waals surface area contributed by atoms with Crippen molar-refractivity contribution in [3.8, 4) is 5.75 Å². The van der Waals surface area contributed by atoms with Crippen LogP contribution in [0.4, 0.5) is 0 Å². The van der Waals surface area contributed by atoms with Crippen molar-refractivity contribution in [1.82, 2.24) is 25.9 Å². The summed E-state index contributed by atoms with van der Waals surface area (Å²) in [5.41, 5.74) is 12.3. The lowest BCUT2D eigenvalue weighted by molar-refractivity contribution is -0.142. The van der Waals surface area contributed by atoms with Crippen LogP contribution in [0.15, 0.2) is 36.8 Å². The number of benzene rings is 1. The fraction of sp³-hybridized carbons (Fsp3) is 0.391. The van der Waals surface area contributed by atoms with Crippen molar-refractivity contribution in [3.63, 3.8) is 0 Å². The highest BCUT2D eigenvalue weighted by Gasteiger charge is 2.30. The lowest BCUT2D eigenvalue weighted by Crippen LogP contribution is -2.58. The Morgan fingerprint density at radius 3 is 2.11 bits per heavy atom. The molecular weight excluding hydrogens is 518 g/mol. The molecule has 0 bridgehead atoms. The Kier molecular flexibility index (Phi) is 11.6. The number of hydrogen-bond acceptors (Lipinski definition) is 9. The Bertz CT molecular complexity index is 1110. The summed E-state index contributed by atoms with van der Waals surface area (Å²) in [5.74, 6) is -4.46. The number of thiol groups is 1. The van der Waals surface area contributed by atoms with E-state index in [0.29, 0.717) is 11.3 Å². The average Bonchev–Trinajstić information content (AvgIpc) is 3.38. The summed E-state index contributed by atoms with van der Waals surface area (Å²) in [5, 5.41) is 26.1. The maximum Gasteiger partial charge on any atom is 0.326 e. The number of amides is 4. The molecule has 38 heavy (non-hydrogen) atoms. The summed E-state index contributed by atoms with van der Waals surface area (Å²) in [7, 11) is 0. The standard InChI is InChI=1S/C23H31N7O7S/c24-15(7-12-1-3-14(31)4-2-12)20(33)30-18(10-38)22(35)28-16(5-6-19(25)32)21(34)29-17(23(36)37)8-13-9-26-11-27-13/h1-4,9,11,15-18,31,38H,5-8,10,24H2,(H2,25,32)(H,26,27)(H,28,35)(H,29,34)(H,30,33)(H,36,37). The molecule has 0 aliphatic carbocycles. The first-order chi connectivity index (χ1) is 18.0. The monoisotopic (exact) mass is 549 g/mol. The van der Waals surface area contributed by atoms with E-state index in [9.17, 15) is 34.2 Å². The summed E-state index contributed by atoms with van der Waals surface area (Å²) in [4.78, 5) is 67.9. The number of carbonyl (C=O) groups excluding carboxylic acids is 4. The summed E-state index contributed by atoms with van der Waals surface area (Å²) in [6.07, 6.45) is 2.30. The van der Waals surface area contributed by atoms with Gasteiger partial charge in [-0.25, -0.2) is 9.78 Å². The Morgan fingerprint density at radius 1 is 0.947 bits per heavy atom. The lowest BCUT2D eigenvalue weighted by Gasteiger charge is -2.24. The van der Waals surface area contributed by atoms with Crippen LogP contribution in [0.2, 0.25) is 0 Å². The fourth-order valence-electron chi connectivity index (χ4n) is 3.37. The number of carboxylic acid groups (broad SMARTS) is 1. The van der Waals surface area contributed by atoms with E-state index in [0.717, 1.165) is 0 Å². The van der Waals surface area contributed by atoms with Crippen LogP contribution >= 0.6 is 12.6 Å². The molecule has 206 valence electrons. The molecule has 4 unspecified atom stereocenters. The zero-order valence-electron chi connectivity index (χ0n) is 20.3. The molecule has 2 aromatic rings. The van der Waals surface area contributed by atoms with Gasteiger partial charge in [0.1, 0.15) is 23.9 Å². The number of aromatic nitrogens is 2. The average molecular weight is 550 g/mol. The number of H-pyrrole nitrogens is 1. The highest BCUT2D eigenvalue weighted by Crippen LogP contribution is 2.11. The van der Waals surface area contributed by atoms with Gasteiger partial charge in [-0.15, -0.1) is 0 Å². The van der Waals surface area contributed by atoms with E-state index in [1.54, 1.807) is 12.1 Å². The quantitative estimate of drug-likeness (QED) is 0.111. The molecule has 2 rings (SSSR count). The number of aliphatic carboxylic acids is 1. The molecule has 4 amide bonds. The minimum Gasteiger partial charge on any atom is -0.508 e. The predicted molar refractivity (Wildman–Crippen MR) is 138 cm³/mol. The number of hydrogen-bond donors (Lipinski definition) is 9. The van der Waals surface area contributed by atoms with E-state index in [1.165, 1.54) is 24.7 Å². The number of nitrogens with one attached hydrogen (secondary N) is 4. The molecule has 1 heterocycles. The molecule has 0 fully saturated rings. The highest BCUT2D eigenvalue weighted by molar-refractivity contribution is 7.80. The van der Waals surface area contributed by atoms with E-state index >= 15 is 0 Å². The lowest BCUT2D eigenvalue weighted by atomic mass is 10.1. The molecule has 15 heteroatoms. The largest absolute Gasteiger partial charge is 0.508 e. The molecule has 1 aromatic carbocycles. The third-order valence-corrected chi connectivity index (χ3v) is 5.82. The number of aromatic hydroxyl groups is 1. The molecule has 0 aliphatic heterocycles. The van der Waals surface area contributed by atoms with Gasteiger partial charge in [0, 0.05) is 30.5 Å². The van der Waals surface area contributed by atoms with E-state index < -0.39 is 53.8 Å². The number of carbonyl (C=O) groups is 5. The van der Waals surface area contributed by atoms with Crippen molar-refractivity contribution in [1.29, 1.82) is 0 Å². The third kappa shape index (κ3) is 9.74. The highest BCUT2D eigenvalue weighted by atomic mass is 32.1. The van der Waals surface area contributed by atoms with E-state index in [4.69, 9.17) is 11.5 Å². The first-order valence-corrected chi connectivity index (χ1v) is 12.2. The van der Waals surface area contributed by atoms with Crippen molar-refractivity contribution in [2.75, 3.05) is 5.75 Å². The Morgan fingerprint density at radius 2 is 1.55 bits per heavy atom. The zero-order valence-corrected chi connectivity index (χ0v) is 21.2. The van der Waals surface area contributed by atoms with Crippen LogP contribution in [0.3, 0.4) is 0 Å². The molecule has 0 saturated heterocycles. The summed E-state index contributed by atoms with van der Waals surface area (Å²) < 4.78 is 0. The van der Waals surface area contributed by atoms with Gasteiger partial charge in [0.15, 0.2) is 0 Å². The Hall–Kier alpha value is -4.11. The van der Waals surface area contributed by atoms with Gasteiger partial charge in [-0.1, -0.05) is 12.1 Å². The second-order valence-electron chi connectivity index (χ2n) is 8.47. The van der Waals surface area contributed by atoms with Gasteiger partial charge >= 0.3 is 5.97 Å². The zero-order chi connectivity index (χ0) is 28.2. The second-order valence-corrected chi connectivity index (χ2v) is 8.83. The molecule has 0 spiro atoms. The number of phenols is 1. The maximum atomic E-state index is 12.9. The van der Waals surface area contributed by atoms with Crippen LogP contribution in [-0.2, 0) is 36.8 Å². The van der Waals surface area contributed by atoms with Crippen LogP contribution in [0.5, 0.6) is 5.75 Å². The molecule has 0 saturated carbocycles. The second kappa shape index (κ2) is 14.6. The summed E-state index contributed by atoms with van der Waals surface area (Å²) >= 11 is 4.09. The van der Waals surface area contributed by atoms with Crippen LogP contribution in [-0.4, -0.2) is 79.7 Å². The number of aromatic amines is 1. The van der Waals surface area contributed by atoms with Crippen LogP contribution in [0, 0.1) is 0 Å². The number of nitrogens with zero attached hydrogens (tertiary/aromatic N) is 1. The van der Waals surface area contributed by atoms with Gasteiger partial charge in [-0.2, -0.15) is 12.6 Å². The smallest absolute Gasteiger partial charge is 0.326 e. The SMILES string of the molecule is NC(=O)CCC(NC(=O)C(CS)NC(=O)C(N)Cc1ccc(O)cc1)C(=O)NC(Cc1cnc[nH]1)C(=O)O. The number of carboxylic acids is 1. The molecule has 1 aromatic heterocycles. The first kappa shape index (κ1) is 30.1. The van der Waals surface area contributed by atoms with Crippen molar-refractivity contribution in [2.45, 2.75) is 49.9 Å². The first-order valence-electron chi connectivity index (χ1n) is 11.5. The maximum absolute atomic E-state index is 12.9. The summed E-state index contributed by atoms with van der Waals surface area (Å²) in [6.45, 7) is 0. The van der Waals surface area contributed by atoms with Gasteiger partial charge in [0.25, 0.3) is 0 Å². The number of primary amides is 1. The molecule has 4 atom stereocenters. The van der Waals surface area contributed by atoms with Crippen LogP contribution < -0.4 is 27.4 Å². The van der Waals surface area contributed by atoms with Crippen LogP contribution in [0.25, 0.3) is 0 Å². The molecule has 0 aliphatic rings. The summed E-state index contributed by atoms with van der Waals surface area (Å²) in [6, 6.07) is 1.20. The van der Waals surface area contributed by atoms with Gasteiger partial charge in [0.05, 0.1) is 12.4 Å².